The van der Waals surface area contributed by atoms with Gasteiger partial charge >= 0.3 is 0 Å². The van der Waals surface area contributed by atoms with Crippen LogP contribution < -0.4 is 20.1 Å². The molecule has 0 bridgehead atoms. The molecule has 5 nitrogen and oxygen atoms in total. The van der Waals surface area contributed by atoms with E-state index in [9.17, 15) is 4.79 Å². The van der Waals surface area contributed by atoms with Crippen molar-refractivity contribution >= 4 is 5.91 Å². The van der Waals surface area contributed by atoms with Crippen molar-refractivity contribution in [1.82, 2.24) is 10.6 Å². The largest absolute Gasteiger partial charge is 0.493 e. The minimum atomic E-state index is -0.0407. The lowest BCUT2D eigenvalue weighted by atomic mass is 9.91. The first-order chi connectivity index (χ1) is 12.1. The molecule has 2 atom stereocenters. The van der Waals surface area contributed by atoms with Gasteiger partial charge in [0.2, 0.25) is 5.91 Å². The quantitative estimate of drug-likeness (QED) is 0.797. The molecular formula is C20H30N2O3. The highest BCUT2D eigenvalue weighted by Crippen LogP contribution is 2.58. The molecule has 1 amide bonds. The van der Waals surface area contributed by atoms with E-state index < -0.39 is 0 Å². The third kappa shape index (κ3) is 3.92. The molecule has 25 heavy (non-hydrogen) atoms. The Morgan fingerprint density at radius 3 is 2.80 bits per heavy atom. The van der Waals surface area contributed by atoms with Gasteiger partial charge in [-0.1, -0.05) is 13.0 Å². The summed E-state index contributed by atoms with van der Waals surface area (Å²) in [5.41, 5.74) is 1.30. The molecule has 3 rings (SSSR count). The fourth-order valence-corrected chi connectivity index (χ4v) is 3.88. The van der Waals surface area contributed by atoms with E-state index >= 15 is 0 Å². The lowest BCUT2D eigenvalue weighted by Gasteiger charge is -2.24. The summed E-state index contributed by atoms with van der Waals surface area (Å²) in [4.78, 5) is 12.6. The summed E-state index contributed by atoms with van der Waals surface area (Å²) in [5, 5.41) is 6.57. The predicted octanol–water partition coefficient (Wildman–Crippen LogP) is 3.05. The summed E-state index contributed by atoms with van der Waals surface area (Å²) < 4.78 is 11.1. The maximum Gasteiger partial charge on any atom is 0.224 e. The van der Waals surface area contributed by atoms with Gasteiger partial charge in [-0.05, 0) is 68.8 Å². The highest BCUT2D eigenvalue weighted by atomic mass is 16.5. The SMILES string of the molecule is CCCOc1ccc(C(C)NC(=O)C2CC23CCNCC3)cc1OC. The molecule has 5 heteroatoms. The second-order valence-corrected chi connectivity index (χ2v) is 7.36. The monoisotopic (exact) mass is 346 g/mol. The van der Waals surface area contributed by atoms with Gasteiger partial charge in [-0.15, -0.1) is 0 Å². The average molecular weight is 346 g/mol. The summed E-state index contributed by atoms with van der Waals surface area (Å²) in [6, 6.07) is 5.85. The second kappa shape index (κ2) is 7.65. The summed E-state index contributed by atoms with van der Waals surface area (Å²) in [6.07, 6.45) is 4.24. The number of carbonyl (C=O) groups is 1. The van der Waals surface area contributed by atoms with Gasteiger partial charge in [0, 0.05) is 5.92 Å². The van der Waals surface area contributed by atoms with Crippen molar-refractivity contribution in [3.8, 4) is 11.5 Å². The molecule has 1 saturated carbocycles. The topological polar surface area (TPSA) is 59.6 Å². The summed E-state index contributed by atoms with van der Waals surface area (Å²) in [6.45, 7) is 6.84. The van der Waals surface area contributed by atoms with Crippen LogP contribution >= 0.6 is 0 Å². The van der Waals surface area contributed by atoms with E-state index in [4.69, 9.17) is 9.47 Å². The Labute approximate surface area is 150 Å². The first kappa shape index (κ1) is 18.1. The third-order valence-corrected chi connectivity index (χ3v) is 5.61. The van der Waals surface area contributed by atoms with Gasteiger partial charge in [-0.3, -0.25) is 4.79 Å². The Morgan fingerprint density at radius 2 is 2.12 bits per heavy atom. The summed E-state index contributed by atoms with van der Waals surface area (Å²) in [7, 11) is 1.65. The standard InChI is InChI=1S/C20H30N2O3/c1-4-11-25-17-6-5-15(12-18(17)24-3)14(2)22-19(23)16-13-20(16)7-9-21-10-8-20/h5-6,12,14,16,21H,4,7-11,13H2,1-3H3,(H,22,23). The van der Waals surface area contributed by atoms with Crippen molar-refractivity contribution in [2.75, 3.05) is 26.8 Å². The predicted molar refractivity (Wildman–Crippen MR) is 98.0 cm³/mol. The lowest BCUT2D eigenvalue weighted by Crippen LogP contribution is -2.34. The summed E-state index contributed by atoms with van der Waals surface area (Å²) >= 11 is 0. The zero-order chi connectivity index (χ0) is 17.9. The van der Waals surface area contributed by atoms with Crippen LogP contribution in [0, 0.1) is 11.3 Å². The number of benzene rings is 1. The molecule has 2 unspecified atom stereocenters. The van der Waals surface area contributed by atoms with E-state index in [1.807, 2.05) is 25.1 Å². The first-order valence-corrected chi connectivity index (χ1v) is 9.41. The molecular weight excluding hydrogens is 316 g/mol. The van der Waals surface area contributed by atoms with Crippen molar-refractivity contribution in [2.45, 2.75) is 45.6 Å². The van der Waals surface area contributed by atoms with Crippen LogP contribution in [0.5, 0.6) is 11.5 Å². The number of carbonyl (C=O) groups excluding carboxylic acids is 1. The van der Waals surface area contributed by atoms with Crippen LogP contribution in [0.2, 0.25) is 0 Å². The number of nitrogens with one attached hydrogen (secondary N) is 2. The molecule has 0 aromatic heterocycles. The fraction of sp³-hybridized carbons (Fsp3) is 0.650. The first-order valence-electron chi connectivity index (χ1n) is 9.41. The van der Waals surface area contributed by atoms with Crippen LogP contribution in [0.1, 0.15) is 51.1 Å². The highest BCUT2D eigenvalue weighted by Gasteiger charge is 2.57. The van der Waals surface area contributed by atoms with E-state index in [-0.39, 0.29) is 23.3 Å². The minimum Gasteiger partial charge on any atom is -0.493 e. The van der Waals surface area contributed by atoms with Crippen LogP contribution in [0.3, 0.4) is 0 Å². The van der Waals surface area contributed by atoms with Crippen LogP contribution in [0.25, 0.3) is 0 Å². The van der Waals surface area contributed by atoms with Crippen molar-refractivity contribution in [3.63, 3.8) is 0 Å². The fourth-order valence-electron chi connectivity index (χ4n) is 3.88. The zero-order valence-corrected chi connectivity index (χ0v) is 15.6. The van der Waals surface area contributed by atoms with E-state index in [1.54, 1.807) is 7.11 Å². The molecule has 138 valence electrons. The number of ether oxygens (including phenoxy) is 2. The molecule has 1 saturated heterocycles. The van der Waals surface area contributed by atoms with E-state index in [0.29, 0.717) is 12.4 Å². The van der Waals surface area contributed by atoms with Gasteiger partial charge in [0.15, 0.2) is 11.5 Å². The molecule has 1 aromatic rings. The van der Waals surface area contributed by atoms with Gasteiger partial charge < -0.3 is 20.1 Å². The Hall–Kier alpha value is -1.75. The number of amides is 1. The zero-order valence-electron chi connectivity index (χ0n) is 15.6. The van der Waals surface area contributed by atoms with E-state index in [2.05, 4.69) is 17.6 Å². The maximum atomic E-state index is 12.6. The number of hydrogen-bond acceptors (Lipinski definition) is 4. The van der Waals surface area contributed by atoms with Crippen LogP contribution in [-0.2, 0) is 4.79 Å². The molecule has 2 fully saturated rings. The van der Waals surface area contributed by atoms with Gasteiger partial charge in [-0.25, -0.2) is 0 Å². The van der Waals surface area contributed by atoms with Gasteiger partial charge in [0.1, 0.15) is 0 Å². The number of hydrogen-bond donors (Lipinski definition) is 2. The smallest absolute Gasteiger partial charge is 0.224 e. The Balaban J connectivity index is 1.61. The van der Waals surface area contributed by atoms with Crippen LogP contribution in [-0.4, -0.2) is 32.7 Å². The van der Waals surface area contributed by atoms with Crippen LogP contribution in [0.4, 0.5) is 0 Å². The Kier molecular flexibility index (Phi) is 5.52. The van der Waals surface area contributed by atoms with E-state index in [0.717, 1.165) is 50.1 Å². The molecule has 1 heterocycles. The third-order valence-electron chi connectivity index (χ3n) is 5.61. The van der Waals surface area contributed by atoms with Crippen LogP contribution in [0.15, 0.2) is 18.2 Å². The van der Waals surface area contributed by atoms with Crippen molar-refractivity contribution < 1.29 is 14.3 Å². The minimum absolute atomic E-state index is 0.0407. The molecule has 1 aromatic carbocycles. The second-order valence-electron chi connectivity index (χ2n) is 7.36. The average Bonchev–Trinajstić information content (AvgIpc) is 3.33. The lowest BCUT2D eigenvalue weighted by molar-refractivity contribution is -0.123. The molecule has 1 aliphatic carbocycles. The van der Waals surface area contributed by atoms with Crippen molar-refractivity contribution in [1.29, 1.82) is 0 Å². The van der Waals surface area contributed by atoms with Gasteiger partial charge in [0.05, 0.1) is 19.8 Å². The maximum absolute atomic E-state index is 12.6. The molecule has 2 N–H and O–H groups in total. The van der Waals surface area contributed by atoms with Crippen molar-refractivity contribution in [3.05, 3.63) is 23.8 Å². The highest BCUT2D eigenvalue weighted by molar-refractivity contribution is 5.83. The molecule has 2 aliphatic rings. The number of piperidine rings is 1. The normalized spacial score (nSPS) is 22.3. The molecule has 0 radical (unpaired) electrons. The molecule has 1 aliphatic heterocycles. The Morgan fingerprint density at radius 1 is 1.36 bits per heavy atom. The number of methoxy groups -OCH3 is 1. The Bertz CT molecular complexity index is 611. The molecule has 1 spiro atoms. The summed E-state index contributed by atoms with van der Waals surface area (Å²) in [5.74, 6) is 1.85. The number of rotatable bonds is 7. The van der Waals surface area contributed by atoms with Crippen molar-refractivity contribution in [2.24, 2.45) is 11.3 Å². The van der Waals surface area contributed by atoms with Gasteiger partial charge in [0.25, 0.3) is 0 Å². The van der Waals surface area contributed by atoms with Gasteiger partial charge in [-0.2, -0.15) is 0 Å². The van der Waals surface area contributed by atoms with E-state index in [1.165, 1.54) is 0 Å².